The van der Waals surface area contributed by atoms with Crippen LogP contribution in [0.5, 0.6) is 0 Å². The second-order valence-corrected chi connectivity index (χ2v) is 6.49. The second kappa shape index (κ2) is 6.72. The Kier molecular flexibility index (Phi) is 4.28. The number of aromatic nitrogens is 4. The highest BCUT2D eigenvalue weighted by molar-refractivity contribution is 5.31. The maximum atomic E-state index is 13.3. The molecule has 1 heterocycles. The van der Waals surface area contributed by atoms with Gasteiger partial charge in [0.05, 0.1) is 12.2 Å². The van der Waals surface area contributed by atoms with Gasteiger partial charge in [-0.2, -0.15) is 4.68 Å². The highest BCUT2D eigenvalue weighted by Gasteiger charge is 2.35. The second-order valence-electron chi connectivity index (χ2n) is 6.49. The van der Waals surface area contributed by atoms with E-state index in [1.54, 1.807) is 4.68 Å². The fourth-order valence-electron chi connectivity index (χ4n) is 3.65. The highest BCUT2D eigenvalue weighted by atomic mass is 19.1. The molecule has 128 valence electrons. The first kappa shape index (κ1) is 15.9. The van der Waals surface area contributed by atoms with E-state index in [4.69, 9.17) is 0 Å². The Balaban J connectivity index is 1.57. The molecule has 0 bridgehead atoms. The number of rotatable bonds is 5. The van der Waals surface area contributed by atoms with Crippen LogP contribution in [0.2, 0.25) is 0 Å². The minimum Gasteiger partial charge on any atom is -0.300 e. The van der Waals surface area contributed by atoms with Crippen molar-refractivity contribution >= 4 is 0 Å². The quantitative estimate of drug-likeness (QED) is 0.776. The van der Waals surface area contributed by atoms with Gasteiger partial charge in [-0.1, -0.05) is 43.2 Å². The van der Waals surface area contributed by atoms with Crippen molar-refractivity contribution in [3.05, 3.63) is 71.8 Å². The van der Waals surface area contributed by atoms with E-state index in [1.165, 1.54) is 12.1 Å². The molecule has 0 saturated heterocycles. The van der Waals surface area contributed by atoms with E-state index in [2.05, 4.69) is 20.8 Å². The van der Waals surface area contributed by atoms with Gasteiger partial charge in [0, 0.05) is 5.54 Å². The number of para-hydroxylation sites is 1. The molecule has 4 rings (SSSR count). The van der Waals surface area contributed by atoms with Crippen LogP contribution >= 0.6 is 0 Å². The predicted molar refractivity (Wildman–Crippen MR) is 92.5 cm³/mol. The molecule has 0 aliphatic heterocycles. The Morgan fingerprint density at radius 3 is 2.44 bits per heavy atom. The first-order valence-electron chi connectivity index (χ1n) is 8.61. The van der Waals surface area contributed by atoms with Crippen LogP contribution in [0.15, 0.2) is 54.6 Å². The summed E-state index contributed by atoms with van der Waals surface area (Å²) in [6, 6.07) is 16.7. The molecule has 1 aromatic heterocycles. The molecule has 0 radical (unpaired) electrons. The van der Waals surface area contributed by atoms with Crippen LogP contribution in [0.4, 0.5) is 4.39 Å². The number of tetrazole rings is 1. The third-order valence-electron chi connectivity index (χ3n) is 4.97. The monoisotopic (exact) mass is 337 g/mol. The molecule has 3 aromatic rings. The summed E-state index contributed by atoms with van der Waals surface area (Å²) < 4.78 is 15.0. The molecule has 0 atom stereocenters. The van der Waals surface area contributed by atoms with Crippen molar-refractivity contribution in [3.63, 3.8) is 0 Å². The van der Waals surface area contributed by atoms with Gasteiger partial charge in [0.15, 0.2) is 5.82 Å². The molecular weight excluding hydrogens is 317 g/mol. The Bertz CT molecular complexity index is 823. The molecule has 25 heavy (non-hydrogen) atoms. The van der Waals surface area contributed by atoms with Crippen molar-refractivity contribution in [2.75, 3.05) is 0 Å². The molecule has 6 heteroatoms. The summed E-state index contributed by atoms with van der Waals surface area (Å²) in [5.41, 5.74) is 1.93. The van der Waals surface area contributed by atoms with Crippen molar-refractivity contribution < 1.29 is 4.39 Å². The molecule has 0 spiro atoms. The van der Waals surface area contributed by atoms with Crippen LogP contribution in [-0.4, -0.2) is 20.2 Å². The number of nitrogens with one attached hydrogen (secondary N) is 1. The highest BCUT2D eigenvalue weighted by Crippen LogP contribution is 2.39. The Hall–Kier alpha value is -2.60. The van der Waals surface area contributed by atoms with Crippen molar-refractivity contribution in [2.45, 2.75) is 37.8 Å². The molecule has 1 N–H and O–H groups in total. The lowest BCUT2D eigenvalue weighted by Gasteiger charge is -2.31. The number of hydrogen-bond acceptors (Lipinski definition) is 4. The molecule has 5 nitrogen and oxygen atoms in total. The first-order chi connectivity index (χ1) is 12.3. The average Bonchev–Trinajstić information content (AvgIpc) is 3.31. The number of benzene rings is 2. The van der Waals surface area contributed by atoms with Crippen LogP contribution in [-0.2, 0) is 12.1 Å². The zero-order valence-electron chi connectivity index (χ0n) is 13.9. The minimum absolute atomic E-state index is 0.138. The average molecular weight is 337 g/mol. The van der Waals surface area contributed by atoms with Gasteiger partial charge in [0.2, 0.25) is 0 Å². The van der Waals surface area contributed by atoms with E-state index in [1.807, 2.05) is 42.5 Å². The lowest BCUT2D eigenvalue weighted by molar-refractivity contribution is 0.333. The number of halogens is 1. The van der Waals surface area contributed by atoms with Gasteiger partial charge >= 0.3 is 0 Å². The fraction of sp³-hybridized carbons (Fsp3) is 0.316. The maximum Gasteiger partial charge on any atom is 0.170 e. The first-order valence-corrected chi connectivity index (χ1v) is 8.61. The van der Waals surface area contributed by atoms with Crippen LogP contribution in [0.25, 0.3) is 5.69 Å². The molecule has 0 unspecified atom stereocenters. The van der Waals surface area contributed by atoms with Gasteiger partial charge in [0.1, 0.15) is 5.82 Å². The summed E-state index contributed by atoms with van der Waals surface area (Å²) in [5.74, 6) is 0.560. The summed E-state index contributed by atoms with van der Waals surface area (Å²) in [5, 5.41) is 15.8. The van der Waals surface area contributed by atoms with Gasteiger partial charge in [-0.05, 0) is 53.1 Å². The van der Waals surface area contributed by atoms with Gasteiger partial charge in [-0.25, -0.2) is 4.39 Å². The van der Waals surface area contributed by atoms with E-state index < -0.39 is 0 Å². The van der Waals surface area contributed by atoms with Crippen molar-refractivity contribution in [1.82, 2.24) is 25.5 Å². The number of nitrogens with zero attached hydrogens (tertiary/aromatic N) is 4. The van der Waals surface area contributed by atoms with E-state index in [0.717, 1.165) is 42.8 Å². The van der Waals surface area contributed by atoms with E-state index >= 15 is 0 Å². The fourth-order valence-corrected chi connectivity index (χ4v) is 3.65. The number of hydrogen-bond donors (Lipinski definition) is 1. The molecule has 2 aromatic carbocycles. The lowest BCUT2D eigenvalue weighted by atomic mass is 9.88. The summed E-state index contributed by atoms with van der Waals surface area (Å²) in [6.07, 6.45) is 4.39. The predicted octanol–water partition coefficient (Wildman–Crippen LogP) is 3.36. The minimum atomic E-state index is -0.204. The van der Waals surface area contributed by atoms with Crippen molar-refractivity contribution in [3.8, 4) is 5.69 Å². The molecule has 1 saturated carbocycles. The molecule has 1 fully saturated rings. The summed E-state index contributed by atoms with van der Waals surface area (Å²) in [4.78, 5) is 0. The molecule has 1 aliphatic carbocycles. The zero-order valence-corrected chi connectivity index (χ0v) is 13.9. The summed E-state index contributed by atoms with van der Waals surface area (Å²) in [7, 11) is 0. The van der Waals surface area contributed by atoms with Gasteiger partial charge < -0.3 is 5.32 Å². The summed E-state index contributed by atoms with van der Waals surface area (Å²) >= 11 is 0. The SMILES string of the molecule is Fc1ccc(C2(NCc3nnnn3-c3ccccc3)CCCC2)cc1. The Morgan fingerprint density at radius 1 is 1.00 bits per heavy atom. The van der Waals surface area contributed by atoms with Crippen molar-refractivity contribution in [1.29, 1.82) is 0 Å². The zero-order chi connectivity index (χ0) is 17.1. The van der Waals surface area contributed by atoms with E-state index in [0.29, 0.717) is 6.54 Å². The van der Waals surface area contributed by atoms with Gasteiger partial charge in [-0.15, -0.1) is 5.10 Å². The van der Waals surface area contributed by atoms with Gasteiger partial charge in [0.25, 0.3) is 0 Å². The Labute approximate surface area is 145 Å². The maximum absolute atomic E-state index is 13.3. The molecule has 0 amide bonds. The van der Waals surface area contributed by atoms with Gasteiger partial charge in [-0.3, -0.25) is 0 Å². The smallest absolute Gasteiger partial charge is 0.170 e. The normalized spacial score (nSPS) is 16.2. The van der Waals surface area contributed by atoms with E-state index in [-0.39, 0.29) is 11.4 Å². The standard InChI is InChI=1S/C19H20FN5/c20-16-10-8-15(9-11-16)19(12-4-5-13-19)21-14-18-22-23-24-25(18)17-6-2-1-3-7-17/h1-3,6-11,21H,4-5,12-14H2. The summed E-state index contributed by atoms with van der Waals surface area (Å²) in [6.45, 7) is 0.555. The van der Waals surface area contributed by atoms with Crippen LogP contribution < -0.4 is 5.32 Å². The van der Waals surface area contributed by atoms with Crippen molar-refractivity contribution in [2.24, 2.45) is 0 Å². The topological polar surface area (TPSA) is 55.6 Å². The van der Waals surface area contributed by atoms with Crippen LogP contribution in [0, 0.1) is 5.82 Å². The third-order valence-corrected chi connectivity index (χ3v) is 4.97. The van der Waals surface area contributed by atoms with E-state index in [9.17, 15) is 4.39 Å². The third kappa shape index (κ3) is 3.17. The van der Waals surface area contributed by atoms with Crippen LogP contribution in [0.1, 0.15) is 37.1 Å². The lowest BCUT2D eigenvalue weighted by Crippen LogP contribution is -2.40. The molecule has 1 aliphatic rings. The Morgan fingerprint density at radius 2 is 1.72 bits per heavy atom. The molecular formula is C19H20FN5. The van der Waals surface area contributed by atoms with Crippen LogP contribution in [0.3, 0.4) is 0 Å². The largest absolute Gasteiger partial charge is 0.300 e.